The van der Waals surface area contributed by atoms with Gasteiger partial charge in [0.25, 0.3) is 0 Å². The summed E-state index contributed by atoms with van der Waals surface area (Å²) in [5.74, 6) is 0. The lowest BCUT2D eigenvalue weighted by atomic mass is 10.1. The Morgan fingerprint density at radius 3 is 2.93 bits per heavy atom. The quantitative estimate of drug-likeness (QED) is 0.716. The van der Waals surface area contributed by atoms with Crippen LogP contribution >= 0.6 is 0 Å². The first-order valence-electron chi connectivity index (χ1n) is 4.56. The molecule has 2 aromatic rings. The Balaban J connectivity index is 2.28. The van der Waals surface area contributed by atoms with Gasteiger partial charge in [0.1, 0.15) is 0 Å². The molecule has 1 heterocycles. The summed E-state index contributed by atoms with van der Waals surface area (Å²) in [4.78, 5) is 4.01. The van der Waals surface area contributed by atoms with Gasteiger partial charge in [-0.15, -0.1) is 0 Å². The summed E-state index contributed by atoms with van der Waals surface area (Å²) in [7, 11) is 0. The van der Waals surface area contributed by atoms with Crippen LogP contribution in [-0.2, 0) is 6.54 Å². The molecular weight excluding hydrogens is 172 g/mol. The first kappa shape index (κ1) is 8.75. The lowest BCUT2D eigenvalue weighted by Crippen LogP contribution is -1.98. The third kappa shape index (κ3) is 1.74. The highest BCUT2D eigenvalue weighted by Crippen LogP contribution is 2.11. The molecule has 0 fully saturated rings. The molecule has 2 rings (SSSR count). The van der Waals surface area contributed by atoms with Crippen LogP contribution in [-0.4, -0.2) is 9.55 Å². The number of aromatic nitrogens is 2. The molecule has 0 aliphatic rings. The van der Waals surface area contributed by atoms with Crippen LogP contribution in [0.4, 0.5) is 0 Å². The number of benzene rings is 1. The maximum absolute atomic E-state index is 4.01. The summed E-state index contributed by atoms with van der Waals surface area (Å²) in [5.41, 5.74) is 2.45. The van der Waals surface area contributed by atoms with E-state index < -0.39 is 0 Å². The zero-order valence-corrected chi connectivity index (χ0v) is 7.93. The third-order valence-electron chi connectivity index (χ3n) is 2.19. The summed E-state index contributed by atoms with van der Waals surface area (Å²) in [6, 6.07) is 8.24. The molecule has 0 atom stereocenters. The van der Waals surface area contributed by atoms with Crippen LogP contribution in [0.25, 0.3) is 6.08 Å². The number of hydrogen-bond acceptors (Lipinski definition) is 1. The summed E-state index contributed by atoms with van der Waals surface area (Å²) in [6.45, 7) is 4.65. The Morgan fingerprint density at radius 1 is 1.36 bits per heavy atom. The van der Waals surface area contributed by atoms with Crippen molar-refractivity contribution in [3.8, 4) is 0 Å². The van der Waals surface area contributed by atoms with Gasteiger partial charge in [-0.2, -0.15) is 0 Å². The molecule has 1 aromatic carbocycles. The van der Waals surface area contributed by atoms with E-state index in [1.165, 1.54) is 11.1 Å². The molecule has 0 amide bonds. The minimum absolute atomic E-state index is 0.849. The Morgan fingerprint density at radius 2 is 2.21 bits per heavy atom. The fourth-order valence-electron chi connectivity index (χ4n) is 1.45. The molecule has 1 aromatic heterocycles. The smallest absolute Gasteiger partial charge is 0.0949 e. The van der Waals surface area contributed by atoms with Crippen molar-refractivity contribution in [2.45, 2.75) is 6.54 Å². The van der Waals surface area contributed by atoms with E-state index in [9.17, 15) is 0 Å². The van der Waals surface area contributed by atoms with E-state index in [1.807, 2.05) is 35.3 Å². The average molecular weight is 184 g/mol. The van der Waals surface area contributed by atoms with Crippen molar-refractivity contribution in [1.82, 2.24) is 9.55 Å². The van der Waals surface area contributed by atoms with Gasteiger partial charge >= 0.3 is 0 Å². The Kier molecular flexibility index (Phi) is 2.45. The van der Waals surface area contributed by atoms with Gasteiger partial charge in [0.2, 0.25) is 0 Å². The van der Waals surface area contributed by atoms with Gasteiger partial charge in [-0.25, -0.2) is 4.98 Å². The second kappa shape index (κ2) is 3.92. The second-order valence-electron chi connectivity index (χ2n) is 3.14. The zero-order valence-electron chi connectivity index (χ0n) is 7.93. The van der Waals surface area contributed by atoms with E-state index in [4.69, 9.17) is 0 Å². The van der Waals surface area contributed by atoms with Gasteiger partial charge in [0.05, 0.1) is 6.33 Å². The average Bonchev–Trinajstić information content (AvgIpc) is 2.71. The highest BCUT2D eigenvalue weighted by atomic mass is 15.0. The molecule has 0 bridgehead atoms. The van der Waals surface area contributed by atoms with Crippen LogP contribution in [0.3, 0.4) is 0 Å². The highest BCUT2D eigenvalue weighted by Gasteiger charge is 1.98. The standard InChI is InChI=1S/C12H12N2/c1-2-11-5-3-4-6-12(11)9-14-8-7-13-10-14/h2-8,10H,1,9H2. The maximum atomic E-state index is 4.01. The molecule has 0 saturated heterocycles. The molecule has 0 spiro atoms. The van der Waals surface area contributed by atoms with E-state index >= 15 is 0 Å². The van der Waals surface area contributed by atoms with E-state index in [2.05, 4.69) is 23.7 Å². The Bertz CT molecular complexity index is 416. The van der Waals surface area contributed by atoms with Gasteiger partial charge < -0.3 is 4.57 Å². The van der Waals surface area contributed by atoms with Crippen molar-refractivity contribution in [1.29, 1.82) is 0 Å². The molecule has 0 radical (unpaired) electrons. The van der Waals surface area contributed by atoms with Crippen LogP contribution in [0, 0.1) is 0 Å². The number of imidazole rings is 1. The van der Waals surface area contributed by atoms with E-state index in [0.29, 0.717) is 0 Å². The number of rotatable bonds is 3. The molecule has 14 heavy (non-hydrogen) atoms. The monoisotopic (exact) mass is 184 g/mol. The summed E-state index contributed by atoms with van der Waals surface area (Å²) >= 11 is 0. The fraction of sp³-hybridized carbons (Fsp3) is 0.0833. The summed E-state index contributed by atoms with van der Waals surface area (Å²) in [6.07, 6.45) is 7.45. The predicted octanol–water partition coefficient (Wildman–Crippen LogP) is 2.57. The van der Waals surface area contributed by atoms with Crippen molar-refractivity contribution < 1.29 is 0 Å². The van der Waals surface area contributed by atoms with Crippen LogP contribution in [0.15, 0.2) is 49.6 Å². The van der Waals surface area contributed by atoms with Crippen molar-refractivity contribution in [3.63, 3.8) is 0 Å². The van der Waals surface area contributed by atoms with Crippen molar-refractivity contribution in [3.05, 3.63) is 60.7 Å². The van der Waals surface area contributed by atoms with E-state index in [-0.39, 0.29) is 0 Å². The number of nitrogens with zero attached hydrogens (tertiary/aromatic N) is 2. The zero-order chi connectivity index (χ0) is 9.80. The van der Waals surface area contributed by atoms with Crippen LogP contribution in [0.5, 0.6) is 0 Å². The number of hydrogen-bond donors (Lipinski definition) is 0. The van der Waals surface area contributed by atoms with Gasteiger partial charge in [0, 0.05) is 18.9 Å². The van der Waals surface area contributed by atoms with Gasteiger partial charge in [0.15, 0.2) is 0 Å². The minimum atomic E-state index is 0.849. The third-order valence-corrected chi connectivity index (χ3v) is 2.19. The maximum Gasteiger partial charge on any atom is 0.0949 e. The van der Waals surface area contributed by atoms with Crippen LogP contribution < -0.4 is 0 Å². The highest BCUT2D eigenvalue weighted by molar-refractivity contribution is 5.51. The minimum Gasteiger partial charge on any atom is -0.333 e. The Hall–Kier alpha value is -1.83. The molecule has 0 N–H and O–H groups in total. The van der Waals surface area contributed by atoms with Crippen molar-refractivity contribution in [2.24, 2.45) is 0 Å². The van der Waals surface area contributed by atoms with Crippen LogP contribution in [0.1, 0.15) is 11.1 Å². The fourth-order valence-corrected chi connectivity index (χ4v) is 1.45. The normalized spacial score (nSPS) is 10.0. The van der Waals surface area contributed by atoms with Crippen LogP contribution in [0.2, 0.25) is 0 Å². The molecule has 0 saturated carbocycles. The summed E-state index contributed by atoms with van der Waals surface area (Å²) in [5, 5.41) is 0. The Labute approximate surface area is 83.5 Å². The van der Waals surface area contributed by atoms with Gasteiger partial charge in [-0.3, -0.25) is 0 Å². The van der Waals surface area contributed by atoms with E-state index in [1.54, 1.807) is 6.20 Å². The molecule has 70 valence electrons. The molecule has 0 aliphatic heterocycles. The topological polar surface area (TPSA) is 17.8 Å². The first-order valence-corrected chi connectivity index (χ1v) is 4.56. The van der Waals surface area contributed by atoms with Crippen molar-refractivity contribution in [2.75, 3.05) is 0 Å². The molecule has 2 nitrogen and oxygen atoms in total. The molecule has 0 unspecified atom stereocenters. The predicted molar refractivity (Wildman–Crippen MR) is 57.9 cm³/mol. The van der Waals surface area contributed by atoms with E-state index in [0.717, 1.165) is 6.54 Å². The van der Waals surface area contributed by atoms with Gasteiger partial charge in [-0.1, -0.05) is 36.9 Å². The SMILES string of the molecule is C=Cc1ccccc1Cn1ccnc1. The molecular formula is C12H12N2. The molecule has 2 heteroatoms. The summed E-state index contributed by atoms with van der Waals surface area (Å²) < 4.78 is 2.04. The second-order valence-corrected chi connectivity index (χ2v) is 3.14. The van der Waals surface area contributed by atoms with Crippen molar-refractivity contribution >= 4 is 6.08 Å². The molecule has 0 aliphatic carbocycles. The largest absolute Gasteiger partial charge is 0.333 e. The first-order chi connectivity index (χ1) is 6.90. The lowest BCUT2D eigenvalue weighted by Gasteiger charge is -2.05. The van der Waals surface area contributed by atoms with Gasteiger partial charge in [-0.05, 0) is 11.1 Å². The lowest BCUT2D eigenvalue weighted by molar-refractivity contribution is 0.796.